The molecule has 0 saturated heterocycles. The van der Waals surface area contributed by atoms with E-state index >= 15 is 0 Å². The molecular formula is C6H5BrF4N2. The van der Waals surface area contributed by atoms with Gasteiger partial charge >= 0.3 is 0 Å². The third kappa shape index (κ3) is 2.10. The third-order valence-electron chi connectivity index (χ3n) is 1.26. The highest BCUT2D eigenvalue weighted by atomic mass is 79.9. The summed E-state index contributed by atoms with van der Waals surface area (Å²) < 4.78 is 49.5. The van der Waals surface area contributed by atoms with Gasteiger partial charge in [0.05, 0.1) is 5.69 Å². The lowest BCUT2D eigenvalue weighted by atomic mass is 10.3. The molecule has 0 saturated carbocycles. The standard InChI is InChI=1S/C6H4F4N2.BrH/c7-2-1-3(12-11)5(9)6(10)4(2)8;/h1,12H,11H2;1H. The Morgan fingerprint density at radius 2 is 1.54 bits per heavy atom. The Balaban J connectivity index is 0.00000144. The van der Waals surface area contributed by atoms with Crippen LogP contribution < -0.4 is 11.3 Å². The summed E-state index contributed by atoms with van der Waals surface area (Å²) in [5.41, 5.74) is 1.05. The molecule has 0 unspecified atom stereocenters. The summed E-state index contributed by atoms with van der Waals surface area (Å²) in [6.45, 7) is 0. The van der Waals surface area contributed by atoms with Crippen LogP contribution in [0, 0.1) is 23.3 Å². The van der Waals surface area contributed by atoms with Crippen molar-refractivity contribution in [2.45, 2.75) is 0 Å². The summed E-state index contributed by atoms with van der Waals surface area (Å²) in [4.78, 5) is 0. The fourth-order valence-corrected chi connectivity index (χ4v) is 0.678. The molecule has 0 amide bonds. The third-order valence-corrected chi connectivity index (χ3v) is 1.26. The highest BCUT2D eigenvalue weighted by Crippen LogP contribution is 2.21. The van der Waals surface area contributed by atoms with Crippen LogP contribution >= 0.6 is 17.0 Å². The summed E-state index contributed by atoms with van der Waals surface area (Å²) in [7, 11) is 0. The number of nitrogen functional groups attached to an aromatic ring is 1. The molecule has 3 N–H and O–H groups in total. The number of anilines is 1. The van der Waals surface area contributed by atoms with E-state index in [-0.39, 0.29) is 17.0 Å². The first kappa shape index (κ1) is 12.2. The summed E-state index contributed by atoms with van der Waals surface area (Å²) in [6.07, 6.45) is 0. The molecule has 0 bridgehead atoms. The van der Waals surface area contributed by atoms with Crippen LogP contribution in [0.25, 0.3) is 0 Å². The minimum Gasteiger partial charge on any atom is -0.321 e. The molecule has 0 fully saturated rings. The van der Waals surface area contributed by atoms with Gasteiger partial charge < -0.3 is 5.43 Å². The van der Waals surface area contributed by atoms with Crippen molar-refractivity contribution in [3.63, 3.8) is 0 Å². The molecule has 0 spiro atoms. The van der Waals surface area contributed by atoms with E-state index in [1.807, 2.05) is 0 Å². The van der Waals surface area contributed by atoms with Gasteiger partial charge in [0.2, 0.25) is 0 Å². The molecular weight excluding hydrogens is 256 g/mol. The molecule has 0 radical (unpaired) electrons. The maximum atomic E-state index is 12.5. The molecule has 1 rings (SSSR count). The van der Waals surface area contributed by atoms with Crippen LogP contribution in [0.4, 0.5) is 23.2 Å². The molecule has 2 nitrogen and oxygen atoms in total. The lowest BCUT2D eigenvalue weighted by Gasteiger charge is -2.03. The highest BCUT2D eigenvalue weighted by Gasteiger charge is 2.17. The lowest BCUT2D eigenvalue weighted by molar-refractivity contribution is 0.411. The molecule has 0 heterocycles. The molecule has 74 valence electrons. The highest BCUT2D eigenvalue weighted by molar-refractivity contribution is 8.93. The van der Waals surface area contributed by atoms with Gasteiger partial charge in [-0.05, 0) is 0 Å². The monoisotopic (exact) mass is 260 g/mol. The summed E-state index contributed by atoms with van der Waals surface area (Å²) >= 11 is 0. The normalized spacial score (nSPS) is 9.31. The van der Waals surface area contributed by atoms with Crippen LogP contribution in [0.15, 0.2) is 6.07 Å². The van der Waals surface area contributed by atoms with E-state index in [0.29, 0.717) is 6.07 Å². The molecule has 13 heavy (non-hydrogen) atoms. The summed E-state index contributed by atoms with van der Waals surface area (Å²) in [5, 5.41) is 0. The van der Waals surface area contributed by atoms with Crippen LogP contribution in [0.1, 0.15) is 0 Å². The van der Waals surface area contributed by atoms with Crippen LogP contribution in [0.5, 0.6) is 0 Å². The van der Waals surface area contributed by atoms with Crippen molar-refractivity contribution in [1.29, 1.82) is 0 Å². The van der Waals surface area contributed by atoms with Gasteiger partial charge in [-0.15, -0.1) is 17.0 Å². The van der Waals surface area contributed by atoms with E-state index < -0.39 is 29.0 Å². The fraction of sp³-hybridized carbons (Fsp3) is 0. The van der Waals surface area contributed by atoms with Crippen molar-refractivity contribution < 1.29 is 17.6 Å². The number of halogens is 5. The van der Waals surface area contributed by atoms with Crippen LogP contribution in [0.2, 0.25) is 0 Å². The minimum absolute atomic E-state index is 0. The zero-order chi connectivity index (χ0) is 9.30. The zero-order valence-electron chi connectivity index (χ0n) is 6.07. The van der Waals surface area contributed by atoms with Crippen LogP contribution in [-0.4, -0.2) is 0 Å². The molecule has 7 heteroatoms. The van der Waals surface area contributed by atoms with E-state index in [0.717, 1.165) is 0 Å². The minimum atomic E-state index is -1.89. The predicted octanol–water partition coefficient (Wildman–Crippen LogP) is 2.11. The molecule has 0 aliphatic carbocycles. The lowest BCUT2D eigenvalue weighted by Crippen LogP contribution is -2.11. The first-order valence-corrected chi connectivity index (χ1v) is 2.87. The van der Waals surface area contributed by atoms with Crippen molar-refractivity contribution in [3.8, 4) is 0 Å². The van der Waals surface area contributed by atoms with Gasteiger partial charge in [0.15, 0.2) is 23.3 Å². The Labute approximate surface area is 81.5 Å². The maximum absolute atomic E-state index is 12.5. The number of nitrogens with one attached hydrogen (secondary N) is 1. The smallest absolute Gasteiger partial charge is 0.199 e. The Hall–Kier alpha value is -0.820. The van der Waals surface area contributed by atoms with Gasteiger partial charge in [0.25, 0.3) is 0 Å². The van der Waals surface area contributed by atoms with Crippen LogP contribution in [0.3, 0.4) is 0 Å². The average Bonchev–Trinajstić information content (AvgIpc) is 2.08. The van der Waals surface area contributed by atoms with Gasteiger partial charge in [-0.3, -0.25) is 5.84 Å². The summed E-state index contributed by atoms with van der Waals surface area (Å²) in [6, 6.07) is 0.424. The van der Waals surface area contributed by atoms with Crippen molar-refractivity contribution in [2.75, 3.05) is 5.43 Å². The largest absolute Gasteiger partial charge is 0.321 e. The van der Waals surface area contributed by atoms with E-state index in [9.17, 15) is 17.6 Å². The van der Waals surface area contributed by atoms with Crippen LogP contribution in [-0.2, 0) is 0 Å². The number of benzene rings is 1. The summed E-state index contributed by atoms with van der Waals surface area (Å²) in [5.74, 6) is -2.09. The Morgan fingerprint density at radius 3 is 2.00 bits per heavy atom. The number of rotatable bonds is 1. The Morgan fingerprint density at radius 1 is 1.00 bits per heavy atom. The first-order valence-electron chi connectivity index (χ1n) is 2.87. The van der Waals surface area contributed by atoms with Gasteiger partial charge in [-0.1, -0.05) is 0 Å². The number of hydrogen-bond acceptors (Lipinski definition) is 2. The van der Waals surface area contributed by atoms with E-state index in [2.05, 4.69) is 0 Å². The van der Waals surface area contributed by atoms with E-state index in [4.69, 9.17) is 5.84 Å². The molecule has 0 aromatic heterocycles. The van der Waals surface area contributed by atoms with Crippen molar-refractivity contribution >= 4 is 22.7 Å². The topological polar surface area (TPSA) is 38.0 Å². The SMILES string of the molecule is Br.NNc1cc(F)c(F)c(F)c1F. The second-order valence-corrected chi connectivity index (χ2v) is 1.99. The molecule has 1 aromatic carbocycles. The number of hydrogen-bond donors (Lipinski definition) is 2. The fourth-order valence-electron chi connectivity index (χ4n) is 0.678. The Kier molecular flexibility index (Phi) is 4.15. The van der Waals surface area contributed by atoms with Gasteiger partial charge in [0.1, 0.15) is 0 Å². The predicted molar refractivity (Wildman–Crippen MR) is 44.4 cm³/mol. The molecule has 0 atom stereocenters. The number of nitrogens with two attached hydrogens (primary N) is 1. The molecule has 1 aromatic rings. The van der Waals surface area contributed by atoms with Gasteiger partial charge in [-0.25, -0.2) is 17.6 Å². The first-order chi connectivity index (χ1) is 5.57. The van der Waals surface area contributed by atoms with Crippen molar-refractivity contribution in [3.05, 3.63) is 29.3 Å². The van der Waals surface area contributed by atoms with E-state index in [1.54, 1.807) is 5.43 Å². The van der Waals surface area contributed by atoms with Gasteiger partial charge in [0, 0.05) is 6.07 Å². The van der Waals surface area contributed by atoms with Crippen molar-refractivity contribution in [2.24, 2.45) is 5.84 Å². The molecule has 0 aliphatic heterocycles. The van der Waals surface area contributed by atoms with Gasteiger partial charge in [-0.2, -0.15) is 0 Å². The second-order valence-electron chi connectivity index (χ2n) is 1.99. The maximum Gasteiger partial charge on any atom is 0.199 e. The Bertz CT molecular complexity index is 318. The average molecular weight is 261 g/mol. The zero-order valence-corrected chi connectivity index (χ0v) is 7.79. The molecule has 0 aliphatic rings. The van der Waals surface area contributed by atoms with E-state index in [1.165, 1.54) is 0 Å². The van der Waals surface area contributed by atoms with Crippen molar-refractivity contribution in [1.82, 2.24) is 0 Å². The second kappa shape index (κ2) is 4.43. The number of hydrazine groups is 1. The quantitative estimate of drug-likeness (QED) is 0.267.